The van der Waals surface area contributed by atoms with Crippen LogP contribution >= 0.6 is 0 Å². The fourth-order valence-electron chi connectivity index (χ4n) is 1.26. The quantitative estimate of drug-likeness (QED) is 0.546. The molecule has 1 rings (SSSR count). The molecule has 1 aliphatic rings. The zero-order valence-corrected chi connectivity index (χ0v) is 5.65. The average molecular weight is 114 g/mol. The monoisotopic (exact) mass is 114 g/mol. The molecule has 1 N–H and O–H groups in total. The van der Waals surface area contributed by atoms with Crippen molar-refractivity contribution in [2.45, 2.75) is 26.7 Å². The molecular weight excluding hydrogens is 100 g/mol. The van der Waals surface area contributed by atoms with Gasteiger partial charge in [0.05, 0.1) is 0 Å². The summed E-state index contributed by atoms with van der Waals surface area (Å²) >= 11 is 0. The van der Waals surface area contributed by atoms with Crippen molar-refractivity contribution < 1.29 is 5.11 Å². The van der Waals surface area contributed by atoms with Crippen molar-refractivity contribution in [3.8, 4) is 0 Å². The van der Waals surface area contributed by atoms with Gasteiger partial charge in [0, 0.05) is 6.61 Å². The summed E-state index contributed by atoms with van der Waals surface area (Å²) < 4.78 is 0. The molecule has 0 radical (unpaired) electrons. The summed E-state index contributed by atoms with van der Waals surface area (Å²) in [5, 5.41) is 8.72. The molecule has 0 unspecified atom stereocenters. The van der Waals surface area contributed by atoms with Gasteiger partial charge >= 0.3 is 0 Å². The van der Waals surface area contributed by atoms with E-state index in [1.165, 1.54) is 12.8 Å². The minimum absolute atomic E-state index is 0.382. The van der Waals surface area contributed by atoms with E-state index in [0.29, 0.717) is 17.9 Å². The summed E-state index contributed by atoms with van der Waals surface area (Å²) in [6.45, 7) is 4.82. The Morgan fingerprint density at radius 1 is 1.62 bits per heavy atom. The molecule has 1 nitrogen and oxygen atoms in total. The topological polar surface area (TPSA) is 20.2 Å². The van der Waals surface area contributed by atoms with Crippen LogP contribution in [0.5, 0.6) is 0 Å². The Kier molecular flexibility index (Phi) is 1.31. The van der Waals surface area contributed by atoms with E-state index < -0.39 is 0 Å². The van der Waals surface area contributed by atoms with Crippen LogP contribution in [-0.4, -0.2) is 11.7 Å². The Balaban J connectivity index is 2.37. The highest BCUT2D eigenvalue weighted by Crippen LogP contribution is 2.45. The second-order valence-electron chi connectivity index (χ2n) is 3.41. The summed E-state index contributed by atoms with van der Waals surface area (Å²) in [7, 11) is 0. The molecule has 0 spiro atoms. The fraction of sp³-hybridized carbons (Fsp3) is 1.00. The highest BCUT2D eigenvalue weighted by Gasteiger charge is 2.37. The van der Waals surface area contributed by atoms with E-state index >= 15 is 0 Å². The van der Waals surface area contributed by atoms with Crippen molar-refractivity contribution in [2.75, 3.05) is 6.61 Å². The molecule has 1 aliphatic carbocycles. The molecule has 1 fully saturated rings. The van der Waals surface area contributed by atoms with Crippen LogP contribution in [-0.2, 0) is 0 Å². The maximum absolute atomic E-state index is 8.72. The predicted molar refractivity (Wildman–Crippen MR) is 33.6 cm³/mol. The first-order chi connectivity index (χ1) is 3.67. The van der Waals surface area contributed by atoms with Gasteiger partial charge in [-0.1, -0.05) is 13.8 Å². The first kappa shape index (κ1) is 6.09. The van der Waals surface area contributed by atoms with Crippen molar-refractivity contribution in [1.82, 2.24) is 0 Å². The molecule has 0 aromatic carbocycles. The number of aliphatic hydroxyl groups is 1. The molecule has 0 heterocycles. The van der Waals surface area contributed by atoms with Crippen molar-refractivity contribution in [3.05, 3.63) is 0 Å². The summed E-state index contributed by atoms with van der Waals surface area (Å²) in [6.07, 6.45) is 2.52. The maximum Gasteiger partial charge on any atom is 0.0464 e. The normalized spacial score (nSPS) is 34.1. The van der Waals surface area contributed by atoms with E-state index in [4.69, 9.17) is 5.11 Å². The summed E-state index contributed by atoms with van der Waals surface area (Å²) in [6, 6.07) is 0. The molecule has 1 heteroatoms. The Bertz CT molecular complexity index is 84.4. The zero-order chi connectivity index (χ0) is 6.20. The summed E-state index contributed by atoms with van der Waals surface area (Å²) in [4.78, 5) is 0. The number of rotatable bonds is 1. The van der Waals surface area contributed by atoms with E-state index in [1.807, 2.05) is 0 Å². The molecule has 1 atom stereocenters. The average Bonchev–Trinajstić information content (AvgIpc) is 1.66. The Morgan fingerprint density at radius 2 is 2.25 bits per heavy atom. The Hall–Kier alpha value is -0.0400. The first-order valence-electron chi connectivity index (χ1n) is 3.27. The van der Waals surface area contributed by atoms with Gasteiger partial charge in [-0.05, 0) is 24.2 Å². The van der Waals surface area contributed by atoms with Gasteiger partial charge in [0.1, 0.15) is 0 Å². The molecule has 0 amide bonds. The maximum atomic E-state index is 8.72. The van der Waals surface area contributed by atoms with Gasteiger partial charge in [-0.15, -0.1) is 0 Å². The van der Waals surface area contributed by atoms with Gasteiger partial charge in [-0.2, -0.15) is 0 Å². The lowest BCUT2D eigenvalue weighted by molar-refractivity contribution is 0.0206. The standard InChI is InChI=1S/C7H14O/c1-7(2)4-3-6(7)5-8/h6,8H,3-5H2,1-2H3/t6-/m0/s1. The third kappa shape index (κ3) is 0.752. The summed E-state index contributed by atoms with van der Waals surface area (Å²) in [5.41, 5.74) is 0.439. The lowest BCUT2D eigenvalue weighted by Gasteiger charge is -2.43. The van der Waals surface area contributed by atoms with Crippen molar-refractivity contribution >= 4 is 0 Å². The van der Waals surface area contributed by atoms with Crippen LogP contribution in [0.4, 0.5) is 0 Å². The van der Waals surface area contributed by atoms with Gasteiger partial charge in [0.2, 0.25) is 0 Å². The zero-order valence-electron chi connectivity index (χ0n) is 5.65. The molecule has 0 aromatic rings. The van der Waals surface area contributed by atoms with E-state index in [-0.39, 0.29) is 0 Å². The lowest BCUT2D eigenvalue weighted by atomic mass is 9.63. The predicted octanol–water partition coefficient (Wildman–Crippen LogP) is 1.41. The van der Waals surface area contributed by atoms with Gasteiger partial charge in [-0.3, -0.25) is 0 Å². The largest absolute Gasteiger partial charge is 0.396 e. The minimum Gasteiger partial charge on any atom is -0.396 e. The second-order valence-corrected chi connectivity index (χ2v) is 3.41. The van der Waals surface area contributed by atoms with Gasteiger partial charge in [0.25, 0.3) is 0 Å². The third-order valence-electron chi connectivity index (χ3n) is 2.46. The Labute approximate surface area is 50.7 Å². The molecule has 1 saturated carbocycles. The number of aliphatic hydroxyl groups excluding tert-OH is 1. The van der Waals surface area contributed by atoms with Crippen LogP contribution in [0, 0.1) is 11.3 Å². The van der Waals surface area contributed by atoms with Gasteiger partial charge in [-0.25, -0.2) is 0 Å². The molecule has 0 aromatic heterocycles. The molecular formula is C7H14O. The van der Waals surface area contributed by atoms with E-state index in [2.05, 4.69) is 13.8 Å². The van der Waals surface area contributed by atoms with E-state index in [0.717, 1.165) is 0 Å². The van der Waals surface area contributed by atoms with Crippen molar-refractivity contribution in [1.29, 1.82) is 0 Å². The highest BCUT2D eigenvalue weighted by molar-refractivity contribution is 4.87. The van der Waals surface area contributed by atoms with E-state index in [1.54, 1.807) is 0 Å². The van der Waals surface area contributed by atoms with Crippen LogP contribution < -0.4 is 0 Å². The van der Waals surface area contributed by atoms with Crippen LogP contribution in [0.2, 0.25) is 0 Å². The van der Waals surface area contributed by atoms with Gasteiger partial charge in [0.15, 0.2) is 0 Å². The van der Waals surface area contributed by atoms with Crippen LogP contribution in [0.25, 0.3) is 0 Å². The van der Waals surface area contributed by atoms with E-state index in [9.17, 15) is 0 Å². The molecule has 8 heavy (non-hydrogen) atoms. The smallest absolute Gasteiger partial charge is 0.0464 e. The SMILES string of the molecule is CC1(C)CC[C@H]1CO. The lowest BCUT2D eigenvalue weighted by Crippen LogP contribution is -2.36. The Morgan fingerprint density at radius 3 is 2.25 bits per heavy atom. The van der Waals surface area contributed by atoms with Crippen LogP contribution in [0.3, 0.4) is 0 Å². The minimum atomic E-state index is 0.382. The third-order valence-corrected chi connectivity index (χ3v) is 2.46. The number of hydrogen-bond donors (Lipinski definition) is 1. The van der Waals surface area contributed by atoms with Crippen molar-refractivity contribution in [2.24, 2.45) is 11.3 Å². The molecule has 0 bridgehead atoms. The van der Waals surface area contributed by atoms with Gasteiger partial charge < -0.3 is 5.11 Å². The molecule has 48 valence electrons. The van der Waals surface area contributed by atoms with Crippen LogP contribution in [0.1, 0.15) is 26.7 Å². The number of hydrogen-bond acceptors (Lipinski definition) is 1. The molecule has 0 saturated heterocycles. The molecule has 0 aliphatic heterocycles. The fourth-order valence-corrected chi connectivity index (χ4v) is 1.26. The first-order valence-corrected chi connectivity index (χ1v) is 3.27. The van der Waals surface area contributed by atoms with Crippen LogP contribution in [0.15, 0.2) is 0 Å². The summed E-state index contributed by atoms with van der Waals surface area (Å²) in [5.74, 6) is 0.586. The highest BCUT2D eigenvalue weighted by atomic mass is 16.3. The van der Waals surface area contributed by atoms with Crippen molar-refractivity contribution in [3.63, 3.8) is 0 Å². The second kappa shape index (κ2) is 1.73.